The topological polar surface area (TPSA) is 35.5 Å². The smallest absolute Gasteiger partial charge is 0.122 e. The minimum Gasteiger partial charge on any atom is -0.508 e. The zero-order chi connectivity index (χ0) is 13.7. The Hall–Kier alpha value is -1.22. The van der Waals surface area contributed by atoms with Gasteiger partial charge in [-0.25, -0.2) is 0 Å². The molecule has 1 aromatic rings. The third-order valence-corrected chi connectivity index (χ3v) is 3.90. The summed E-state index contributed by atoms with van der Waals surface area (Å²) in [4.78, 5) is 2.37. The van der Waals surface area contributed by atoms with E-state index in [2.05, 4.69) is 36.2 Å². The standard InChI is InChI=1S/C16H26N2O/c1-3-9-17-13(2)15-8-7-14(12-16(15)19)18-10-5-4-6-11-18/h7-8,12-13,17,19H,3-6,9-11H2,1-2H3. The summed E-state index contributed by atoms with van der Waals surface area (Å²) in [6.45, 7) is 7.46. The van der Waals surface area contributed by atoms with Gasteiger partial charge in [0, 0.05) is 36.4 Å². The molecule has 1 saturated heterocycles. The molecular weight excluding hydrogens is 236 g/mol. The maximum atomic E-state index is 10.2. The van der Waals surface area contributed by atoms with Crippen LogP contribution >= 0.6 is 0 Å². The second-order valence-electron chi connectivity index (χ2n) is 5.47. The van der Waals surface area contributed by atoms with E-state index in [1.165, 1.54) is 19.3 Å². The van der Waals surface area contributed by atoms with Crippen LogP contribution in [0.2, 0.25) is 0 Å². The summed E-state index contributed by atoms with van der Waals surface area (Å²) in [5.41, 5.74) is 2.15. The summed E-state index contributed by atoms with van der Waals surface area (Å²) in [5, 5.41) is 13.6. The maximum absolute atomic E-state index is 10.2. The van der Waals surface area contributed by atoms with Gasteiger partial charge in [0.25, 0.3) is 0 Å². The molecule has 1 heterocycles. The predicted molar refractivity (Wildman–Crippen MR) is 80.9 cm³/mol. The summed E-state index contributed by atoms with van der Waals surface area (Å²) in [6, 6.07) is 6.33. The Kier molecular flexibility index (Phi) is 5.08. The molecule has 2 N–H and O–H groups in total. The van der Waals surface area contributed by atoms with E-state index in [4.69, 9.17) is 0 Å². The first-order valence-electron chi connectivity index (χ1n) is 7.53. The number of aromatic hydroxyl groups is 1. The molecule has 1 unspecified atom stereocenters. The van der Waals surface area contributed by atoms with Gasteiger partial charge in [0.1, 0.15) is 5.75 Å². The van der Waals surface area contributed by atoms with Gasteiger partial charge < -0.3 is 15.3 Å². The number of piperidine rings is 1. The Morgan fingerprint density at radius 3 is 2.63 bits per heavy atom. The highest BCUT2D eigenvalue weighted by molar-refractivity contribution is 5.54. The number of anilines is 1. The molecule has 0 aromatic heterocycles. The lowest BCUT2D eigenvalue weighted by molar-refractivity contribution is 0.452. The van der Waals surface area contributed by atoms with E-state index in [0.29, 0.717) is 5.75 Å². The van der Waals surface area contributed by atoms with E-state index < -0.39 is 0 Å². The highest BCUT2D eigenvalue weighted by atomic mass is 16.3. The van der Waals surface area contributed by atoms with Crippen molar-refractivity contribution in [3.63, 3.8) is 0 Å². The molecule has 0 saturated carbocycles. The first-order valence-corrected chi connectivity index (χ1v) is 7.53. The lowest BCUT2D eigenvalue weighted by Crippen LogP contribution is -2.29. The van der Waals surface area contributed by atoms with E-state index >= 15 is 0 Å². The fourth-order valence-corrected chi connectivity index (χ4v) is 2.72. The van der Waals surface area contributed by atoms with Gasteiger partial charge in [-0.2, -0.15) is 0 Å². The molecular formula is C16H26N2O. The van der Waals surface area contributed by atoms with Crippen LogP contribution in [0.15, 0.2) is 18.2 Å². The fraction of sp³-hybridized carbons (Fsp3) is 0.625. The number of hydrogen-bond acceptors (Lipinski definition) is 3. The van der Waals surface area contributed by atoms with Crippen molar-refractivity contribution >= 4 is 5.69 Å². The van der Waals surface area contributed by atoms with E-state index in [0.717, 1.165) is 37.3 Å². The van der Waals surface area contributed by atoms with E-state index in [1.54, 1.807) is 0 Å². The third-order valence-electron chi connectivity index (χ3n) is 3.90. The predicted octanol–water partition coefficient (Wildman–Crippen LogP) is 3.44. The molecule has 1 aliphatic rings. The van der Waals surface area contributed by atoms with Crippen LogP contribution in [-0.2, 0) is 0 Å². The fourth-order valence-electron chi connectivity index (χ4n) is 2.72. The molecule has 3 nitrogen and oxygen atoms in total. The highest BCUT2D eigenvalue weighted by Crippen LogP contribution is 2.30. The van der Waals surface area contributed by atoms with E-state index in [9.17, 15) is 5.11 Å². The molecule has 0 amide bonds. The first kappa shape index (κ1) is 14.2. The molecule has 1 aromatic carbocycles. The van der Waals surface area contributed by atoms with Crippen molar-refractivity contribution < 1.29 is 5.11 Å². The lowest BCUT2D eigenvalue weighted by atomic mass is 10.0. The molecule has 19 heavy (non-hydrogen) atoms. The van der Waals surface area contributed by atoms with Gasteiger partial charge in [-0.05, 0) is 45.2 Å². The third kappa shape index (κ3) is 3.63. The van der Waals surface area contributed by atoms with Crippen LogP contribution in [0.25, 0.3) is 0 Å². The Balaban J connectivity index is 2.07. The van der Waals surface area contributed by atoms with Gasteiger partial charge in [0.2, 0.25) is 0 Å². The van der Waals surface area contributed by atoms with Crippen molar-refractivity contribution in [1.29, 1.82) is 0 Å². The number of hydrogen-bond donors (Lipinski definition) is 2. The molecule has 0 bridgehead atoms. The molecule has 1 fully saturated rings. The number of phenolic OH excluding ortho intramolecular Hbond substituents is 1. The molecule has 0 aliphatic carbocycles. The minimum atomic E-state index is 0.204. The largest absolute Gasteiger partial charge is 0.508 e. The zero-order valence-electron chi connectivity index (χ0n) is 12.2. The van der Waals surface area contributed by atoms with Gasteiger partial charge in [-0.15, -0.1) is 0 Å². The van der Waals surface area contributed by atoms with Crippen molar-refractivity contribution in [3.05, 3.63) is 23.8 Å². The quantitative estimate of drug-likeness (QED) is 0.853. The minimum absolute atomic E-state index is 0.204. The number of nitrogens with one attached hydrogen (secondary N) is 1. The molecule has 106 valence electrons. The number of benzene rings is 1. The molecule has 1 aliphatic heterocycles. The summed E-state index contributed by atoms with van der Waals surface area (Å²) < 4.78 is 0. The van der Waals surface area contributed by atoms with E-state index in [-0.39, 0.29) is 6.04 Å². The number of nitrogens with zero attached hydrogens (tertiary/aromatic N) is 1. The zero-order valence-corrected chi connectivity index (χ0v) is 12.2. The summed E-state index contributed by atoms with van der Waals surface area (Å²) in [7, 11) is 0. The summed E-state index contributed by atoms with van der Waals surface area (Å²) in [6.07, 6.45) is 4.96. The van der Waals surface area contributed by atoms with Crippen molar-refractivity contribution in [1.82, 2.24) is 5.32 Å². The van der Waals surface area contributed by atoms with Crippen molar-refractivity contribution in [2.45, 2.75) is 45.6 Å². The van der Waals surface area contributed by atoms with Gasteiger partial charge in [0.15, 0.2) is 0 Å². The Morgan fingerprint density at radius 1 is 1.26 bits per heavy atom. The Labute approximate surface area is 116 Å². The van der Waals surface area contributed by atoms with Gasteiger partial charge in [-0.1, -0.05) is 13.0 Å². The first-order chi connectivity index (χ1) is 9.22. The van der Waals surface area contributed by atoms with Crippen LogP contribution < -0.4 is 10.2 Å². The molecule has 3 heteroatoms. The van der Waals surface area contributed by atoms with Crippen LogP contribution in [0.1, 0.15) is 51.1 Å². The number of phenols is 1. The molecule has 0 spiro atoms. The summed E-state index contributed by atoms with van der Waals surface area (Å²) >= 11 is 0. The monoisotopic (exact) mass is 262 g/mol. The van der Waals surface area contributed by atoms with Crippen LogP contribution in [0.4, 0.5) is 5.69 Å². The molecule has 0 radical (unpaired) electrons. The highest BCUT2D eigenvalue weighted by Gasteiger charge is 2.14. The maximum Gasteiger partial charge on any atom is 0.122 e. The SMILES string of the molecule is CCCNC(C)c1ccc(N2CCCCC2)cc1O. The van der Waals surface area contributed by atoms with Crippen LogP contribution in [0.5, 0.6) is 5.75 Å². The van der Waals surface area contributed by atoms with Crippen LogP contribution in [0, 0.1) is 0 Å². The van der Waals surface area contributed by atoms with Crippen LogP contribution in [0.3, 0.4) is 0 Å². The second kappa shape index (κ2) is 6.80. The van der Waals surface area contributed by atoms with Crippen molar-refractivity contribution in [2.24, 2.45) is 0 Å². The normalized spacial score (nSPS) is 17.5. The van der Waals surface area contributed by atoms with Gasteiger partial charge in [-0.3, -0.25) is 0 Å². The molecule has 2 rings (SSSR count). The van der Waals surface area contributed by atoms with Gasteiger partial charge >= 0.3 is 0 Å². The lowest BCUT2D eigenvalue weighted by Gasteiger charge is -2.29. The Morgan fingerprint density at radius 2 is 2.00 bits per heavy atom. The Bertz CT molecular complexity index is 400. The van der Waals surface area contributed by atoms with Gasteiger partial charge in [0.05, 0.1) is 0 Å². The van der Waals surface area contributed by atoms with Crippen molar-refractivity contribution in [2.75, 3.05) is 24.5 Å². The second-order valence-corrected chi connectivity index (χ2v) is 5.47. The van der Waals surface area contributed by atoms with Crippen LogP contribution in [-0.4, -0.2) is 24.7 Å². The average molecular weight is 262 g/mol. The van der Waals surface area contributed by atoms with E-state index in [1.807, 2.05) is 6.07 Å². The average Bonchev–Trinajstić information content (AvgIpc) is 2.45. The number of rotatable bonds is 5. The molecule has 1 atom stereocenters. The van der Waals surface area contributed by atoms with Crippen molar-refractivity contribution in [3.8, 4) is 5.75 Å². The summed E-state index contributed by atoms with van der Waals surface area (Å²) in [5.74, 6) is 0.416.